The molecule has 2 aromatic rings. The molecule has 104 valence electrons. The number of ether oxygens (including phenoxy) is 1. The van der Waals surface area contributed by atoms with Crippen LogP contribution in [0.25, 0.3) is 0 Å². The van der Waals surface area contributed by atoms with Crippen molar-refractivity contribution >= 4 is 32.7 Å². The summed E-state index contributed by atoms with van der Waals surface area (Å²) < 4.78 is 17.8. The summed E-state index contributed by atoms with van der Waals surface area (Å²) >= 11 is 3.35. The molecule has 2 aromatic carbocycles. The summed E-state index contributed by atoms with van der Waals surface area (Å²) in [4.78, 5) is 12.1. The fraction of sp³-hybridized carbons (Fsp3) is 0.133. The Morgan fingerprint density at radius 2 is 1.70 bits per heavy atom. The van der Waals surface area contributed by atoms with Crippen LogP contribution in [0.15, 0.2) is 57.9 Å². The van der Waals surface area contributed by atoms with E-state index in [0.717, 1.165) is 14.9 Å². The molecule has 3 nitrogen and oxygen atoms in total. The average molecular weight is 353 g/mol. The van der Waals surface area contributed by atoms with Crippen molar-refractivity contribution in [2.45, 2.75) is 10.6 Å². The van der Waals surface area contributed by atoms with E-state index < -0.39 is 10.8 Å². The first-order valence-electron chi connectivity index (χ1n) is 5.91. The standard InChI is InChI=1S/C15H13BrO3S/c1-19-15(17)12-4-2-11(3-5-12)10-20(18)14-8-6-13(16)7-9-14/h2-9H,10H2,1H3. The highest BCUT2D eigenvalue weighted by Crippen LogP contribution is 2.16. The van der Waals surface area contributed by atoms with Crippen LogP contribution in [0, 0.1) is 0 Å². The lowest BCUT2D eigenvalue weighted by atomic mass is 10.1. The van der Waals surface area contributed by atoms with E-state index >= 15 is 0 Å². The molecular weight excluding hydrogens is 340 g/mol. The van der Waals surface area contributed by atoms with Crippen LogP contribution < -0.4 is 0 Å². The van der Waals surface area contributed by atoms with Gasteiger partial charge in [0.25, 0.3) is 0 Å². The van der Waals surface area contributed by atoms with Crippen molar-refractivity contribution in [1.82, 2.24) is 0 Å². The van der Waals surface area contributed by atoms with Crippen LogP contribution >= 0.6 is 15.9 Å². The van der Waals surface area contributed by atoms with Crippen molar-refractivity contribution in [3.05, 3.63) is 64.1 Å². The molecule has 0 aliphatic heterocycles. The quantitative estimate of drug-likeness (QED) is 0.790. The van der Waals surface area contributed by atoms with Gasteiger partial charge in [0, 0.05) is 9.37 Å². The van der Waals surface area contributed by atoms with E-state index in [4.69, 9.17) is 0 Å². The molecule has 0 saturated carbocycles. The Balaban J connectivity index is 2.08. The molecule has 0 heterocycles. The van der Waals surface area contributed by atoms with Gasteiger partial charge in [-0.1, -0.05) is 28.1 Å². The maximum absolute atomic E-state index is 12.2. The average Bonchev–Trinajstić information content (AvgIpc) is 2.48. The Labute approximate surface area is 128 Å². The number of carbonyl (C=O) groups is 1. The zero-order valence-electron chi connectivity index (χ0n) is 10.8. The molecule has 5 heteroatoms. The summed E-state index contributed by atoms with van der Waals surface area (Å²) in [6.07, 6.45) is 0. The van der Waals surface area contributed by atoms with E-state index in [2.05, 4.69) is 20.7 Å². The molecule has 0 amide bonds. The highest BCUT2D eigenvalue weighted by molar-refractivity contribution is 9.10. The lowest BCUT2D eigenvalue weighted by molar-refractivity contribution is 0.0600. The van der Waals surface area contributed by atoms with Gasteiger partial charge in [-0.2, -0.15) is 0 Å². The summed E-state index contributed by atoms with van der Waals surface area (Å²) in [5.41, 5.74) is 1.41. The Hall–Kier alpha value is -1.46. The first-order chi connectivity index (χ1) is 9.60. The monoisotopic (exact) mass is 352 g/mol. The van der Waals surface area contributed by atoms with E-state index in [1.54, 1.807) is 24.3 Å². The van der Waals surface area contributed by atoms with Gasteiger partial charge in [-0.05, 0) is 42.0 Å². The van der Waals surface area contributed by atoms with Crippen molar-refractivity contribution in [2.24, 2.45) is 0 Å². The van der Waals surface area contributed by atoms with Gasteiger partial charge in [0.1, 0.15) is 0 Å². The molecule has 0 aliphatic rings. The minimum Gasteiger partial charge on any atom is -0.465 e. The molecule has 0 N–H and O–H groups in total. The first-order valence-corrected chi connectivity index (χ1v) is 8.02. The zero-order chi connectivity index (χ0) is 14.5. The number of rotatable bonds is 4. The van der Waals surface area contributed by atoms with Gasteiger partial charge >= 0.3 is 5.97 Å². The van der Waals surface area contributed by atoms with Gasteiger partial charge in [0.05, 0.1) is 29.2 Å². The second-order valence-corrected chi connectivity index (χ2v) is 6.50. The molecular formula is C15H13BrO3S. The lowest BCUT2D eigenvalue weighted by Crippen LogP contribution is -2.02. The first kappa shape index (κ1) is 14.9. The third-order valence-corrected chi connectivity index (χ3v) is 4.67. The fourth-order valence-electron chi connectivity index (χ4n) is 1.68. The third kappa shape index (κ3) is 3.77. The van der Waals surface area contributed by atoms with Gasteiger partial charge < -0.3 is 4.74 Å². The van der Waals surface area contributed by atoms with E-state index in [9.17, 15) is 9.00 Å². The van der Waals surface area contributed by atoms with Crippen LogP contribution in [-0.4, -0.2) is 17.3 Å². The molecule has 0 saturated heterocycles. The highest BCUT2D eigenvalue weighted by Gasteiger charge is 2.07. The largest absolute Gasteiger partial charge is 0.465 e. The Bertz CT molecular complexity index is 621. The molecule has 0 aliphatic carbocycles. The lowest BCUT2D eigenvalue weighted by Gasteiger charge is -2.04. The van der Waals surface area contributed by atoms with Crippen LogP contribution in [0.2, 0.25) is 0 Å². The van der Waals surface area contributed by atoms with Crippen molar-refractivity contribution in [1.29, 1.82) is 0 Å². The summed E-state index contributed by atoms with van der Waals surface area (Å²) in [7, 11) is 0.247. The third-order valence-electron chi connectivity index (χ3n) is 2.75. The fourth-order valence-corrected chi connectivity index (χ4v) is 3.04. The predicted molar refractivity (Wildman–Crippen MR) is 82.0 cm³/mol. The van der Waals surface area contributed by atoms with E-state index in [-0.39, 0.29) is 5.97 Å². The van der Waals surface area contributed by atoms with Crippen molar-refractivity contribution in [3.8, 4) is 0 Å². The van der Waals surface area contributed by atoms with Crippen LogP contribution in [0.3, 0.4) is 0 Å². The summed E-state index contributed by atoms with van der Waals surface area (Å²) in [6, 6.07) is 14.4. The SMILES string of the molecule is COC(=O)c1ccc(CS(=O)c2ccc(Br)cc2)cc1. The number of hydrogen-bond acceptors (Lipinski definition) is 3. The number of carbonyl (C=O) groups excluding carboxylic acids is 1. The number of benzene rings is 2. The molecule has 0 aromatic heterocycles. The van der Waals surface area contributed by atoms with Crippen molar-refractivity contribution < 1.29 is 13.7 Å². The number of methoxy groups -OCH3 is 1. The minimum atomic E-state index is -1.10. The van der Waals surface area contributed by atoms with E-state index in [0.29, 0.717) is 11.3 Å². The van der Waals surface area contributed by atoms with Crippen LogP contribution in [-0.2, 0) is 21.3 Å². The van der Waals surface area contributed by atoms with Crippen LogP contribution in [0.4, 0.5) is 0 Å². The van der Waals surface area contributed by atoms with Gasteiger partial charge in [-0.3, -0.25) is 4.21 Å². The number of hydrogen-bond donors (Lipinski definition) is 0. The summed E-state index contributed by atoms with van der Waals surface area (Å²) in [5.74, 6) is 0.0499. The van der Waals surface area contributed by atoms with E-state index in [1.807, 2.05) is 24.3 Å². The second-order valence-electron chi connectivity index (χ2n) is 4.13. The molecule has 0 radical (unpaired) electrons. The summed E-state index contributed by atoms with van der Waals surface area (Å²) in [5, 5.41) is 0. The molecule has 1 unspecified atom stereocenters. The van der Waals surface area contributed by atoms with E-state index in [1.165, 1.54) is 7.11 Å². The normalized spacial score (nSPS) is 11.9. The minimum absolute atomic E-state index is 0.370. The molecule has 0 spiro atoms. The van der Waals surface area contributed by atoms with Crippen molar-refractivity contribution in [2.75, 3.05) is 7.11 Å². The predicted octanol–water partition coefficient (Wildman–Crippen LogP) is 3.54. The zero-order valence-corrected chi connectivity index (χ0v) is 13.2. The second kappa shape index (κ2) is 6.81. The molecule has 0 bridgehead atoms. The van der Waals surface area contributed by atoms with Gasteiger partial charge in [-0.25, -0.2) is 4.79 Å². The molecule has 0 fully saturated rings. The number of esters is 1. The maximum atomic E-state index is 12.2. The Morgan fingerprint density at radius 3 is 2.25 bits per heavy atom. The van der Waals surface area contributed by atoms with Gasteiger partial charge in [-0.15, -0.1) is 0 Å². The van der Waals surface area contributed by atoms with Gasteiger partial charge in [0.2, 0.25) is 0 Å². The topological polar surface area (TPSA) is 43.4 Å². The Morgan fingerprint density at radius 1 is 1.10 bits per heavy atom. The number of halogens is 1. The smallest absolute Gasteiger partial charge is 0.337 e. The maximum Gasteiger partial charge on any atom is 0.337 e. The Kier molecular flexibility index (Phi) is 5.09. The molecule has 20 heavy (non-hydrogen) atoms. The summed E-state index contributed by atoms with van der Waals surface area (Å²) in [6.45, 7) is 0. The van der Waals surface area contributed by atoms with Crippen molar-refractivity contribution in [3.63, 3.8) is 0 Å². The van der Waals surface area contributed by atoms with Gasteiger partial charge in [0.15, 0.2) is 0 Å². The van der Waals surface area contributed by atoms with Crippen LogP contribution in [0.5, 0.6) is 0 Å². The molecule has 1 atom stereocenters. The molecule has 2 rings (SSSR count). The van der Waals surface area contributed by atoms with Crippen LogP contribution in [0.1, 0.15) is 15.9 Å². The highest BCUT2D eigenvalue weighted by atomic mass is 79.9.